The molecule has 1 fully saturated rings. The average Bonchev–Trinajstić information content (AvgIpc) is 3.07. The highest BCUT2D eigenvalue weighted by molar-refractivity contribution is 6.31. The van der Waals surface area contributed by atoms with Crippen LogP contribution in [-0.2, 0) is 27.4 Å². The van der Waals surface area contributed by atoms with E-state index in [1.807, 2.05) is 30.3 Å². The Morgan fingerprint density at radius 3 is 2.63 bits per heavy atom. The van der Waals surface area contributed by atoms with Crippen molar-refractivity contribution in [2.45, 2.75) is 39.2 Å². The van der Waals surface area contributed by atoms with Crippen LogP contribution in [0.15, 0.2) is 48.5 Å². The highest BCUT2D eigenvalue weighted by Gasteiger charge is 2.36. The van der Waals surface area contributed by atoms with Crippen LogP contribution in [-0.4, -0.2) is 18.4 Å². The molecule has 0 N–H and O–H groups in total. The van der Waals surface area contributed by atoms with E-state index in [4.69, 9.17) is 16.3 Å². The molecule has 0 aromatic heterocycles. The molecule has 4 nitrogen and oxygen atoms in total. The van der Waals surface area contributed by atoms with Gasteiger partial charge in [0.1, 0.15) is 6.61 Å². The molecule has 1 atom stereocenters. The van der Waals surface area contributed by atoms with Crippen molar-refractivity contribution in [3.05, 3.63) is 64.7 Å². The molecule has 2 aromatic rings. The van der Waals surface area contributed by atoms with Gasteiger partial charge in [-0.1, -0.05) is 55.3 Å². The Bertz CT molecular complexity index is 803. The summed E-state index contributed by atoms with van der Waals surface area (Å²) in [6.07, 6.45) is 3.53. The summed E-state index contributed by atoms with van der Waals surface area (Å²) in [7, 11) is 0. The average molecular weight is 386 g/mol. The lowest BCUT2D eigenvalue weighted by Crippen LogP contribution is -2.26. The van der Waals surface area contributed by atoms with Gasteiger partial charge in [-0.05, 0) is 36.6 Å². The van der Waals surface area contributed by atoms with Crippen LogP contribution in [0.2, 0.25) is 5.02 Å². The van der Waals surface area contributed by atoms with Crippen LogP contribution in [0, 0.1) is 5.92 Å². The zero-order valence-corrected chi connectivity index (χ0v) is 16.2. The predicted octanol–water partition coefficient (Wildman–Crippen LogP) is 4.78. The second-order valence-corrected chi connectivity index (χ2v) is 7.28. The number of benzene rings is 2. The zero-order valence-electron chi connectivity index (χ0n) is 15.5. The summed E-state index contributed by atoms with van der Waals surface area (Å²) in [6.45, 7) is 2.64. The monoisotopic (exact) mass is 385 g/mol. The second-order valence-electron chi connectivity index (χ2n) is 6.87. The normalized spacial score (nSPS) is 16.6. The SMILES string of the molecule is CCCCc1ccc(N2C[C@@H](C(=O)OCc3ccccc3Cl)CC2=O)cc1. The first-order valence-corrected chi connectivity index (χ1v) is 9.75. The van der Waals surface area contributed by atoms with E-state index in [-0.39, 0.29) is 24.9 Å². The highest BCUT2D eigenvalue weighted by atomic mass is 35.5. The fourth-order valence-corrected chi connectivity index (χ4v) is 3.41. The van der Waals surface area contributed by atoms with Gasteiger partial charge in [0.15, 0.2) is 0 Å². The van der Waals surface area contributed by atoms with Crippen molar-refractivity contribution in [2.24, 2.45) is 5.92 Å². The Morgan fingerprint density at radius 1 is 1.19 bits per heavy atom. The number of aryl methyl sites for hydroxylation is 1. The van der Waals surface area contributed by atoms with Crippen LogP contribution in [0.4, 0.5) is 5.69 Å². The number of anilines is 1. The number of carbonyl (C=O) groups excluding carboxylic acids is 2. The fraction of sp³-hybridized carbons (Fsp3) is 0.364. The Balaban J connectivity index is 1.58. The molecule has 0 saturated carbocycles. The van der Waals surface area contributed by atoms with Crippen molar-refractivity contribution in [1.82, 2.24) is 0 Å². The van der Waals surface area contributed by atoms with E-state index in [9.17, 15) is 9.59 Å². The number of hydrogen-bond acceptors (Lipinski definition) is 3. The first kappa shape index (κ1) is 19.4. The van der Waals surface area contributed by atoms with Gasteiger partial charge in [-0.15, -0.1) is 0 Å². The summed E-state index contributed by atoms with van der Waals surface area (Å²) >= 11 is 6.08. The molecular weight excluding hydrogens is 362 g/mol. The maximum atomic E-state index is 12.4. The number of ether oxygens (including phenoxy) is 1. The largest absolute Gasteiger partial charge is 0.460 e. The van der Waals surface area contributed by atoms with Gasteiger partial charge in [-0.3, -0.25) is 9.59 Å². The van der Waals surface area contributed by atoms with Crippen LogP contribution in [0.25, 0.3) is 0 Å². The summed E-state index contributed by atoms with van der Waals surface area (Å²) in [6, 6.07) is 15.3. The van der Waals surface area contributed by atoms with E-state index in [0.717, 1.165) is 30.5 Å². The van der Waals surface area contributed by atoms with Gasteiger partial charge >= 0.3 is 5.97 Å². The number of unbranched alkanes of at least 4 members (excludes halogenated alkanes) is 1. The zero-order chi connectivity index (χ0) is 19.2. The third-order valence-corrected chi connectivity index (χ3v) is 5.22. The number of amides is 1. The number of nitrogens with zero attached hydrogens (tertiary/aromatic N) is 1. The van der Waals surface area contributed by atoms with Gasteiger partial charge in [0.25, 0.3) is 0 Å². The summed E-state index contributed by atoms with van der Waals surface area (Å²) in [5.74, 6) is -0.846. The lowest BCUT2D eigenvalue weighted by molar-refractivity contribution is -0.149. The summed E-state index contributed by atoms with van der Waals surface area (Å²) < 4.78 is 5.39. The lowest BCUT2D eigenvalue weighted by Gasteiger charge is -2.17. The van der Waals surface area contributed by atoms with E-state index in [0.29, 0.717) is 11.6 Å². The molecule has 5 heteroatoms. The smallest absolute Gasteiger partial charge is 0.311 e. The topological polar surface area (TPSA) is 46.6 Å². The molecule has 1 saturated heterocycles. The molecule has 1 aliphatic heterocycles. The molecule has 1 heterocycles. The van der Waals surface area contributed by atoms with Crippen molar-refractivity contribution in [3.8, 4) is 0 Å². The Morgan fingerprint density at radius 2 is 1.93 bits per heavy atom. The fourth-order valence-electron chi connectivity index (χ4n) is 3.22. The highest BCUT2D eigenvalue weighted by Crippen LogP contribution is 2.27. The first-order chi connectivity index (χ1) is 13.1. The third kappa shape index (κ3) is 4.89. The minimum atomic E-state index is -0.445. The number of carbonyl (C=O) groups is 2. The van der Waals surface area contributed by atoms with Crippen molar-refractivity contribution in [2.75, 3.05) is 11.4 Å². The van der Waals surface area contributed by atoms with Crippen LogP contribution in [0.3, 0.4) is 0 Å². The second kappa shape index (κ2) is 9.05. The minimum absolute atomic E-state index is 0.0454. The van der Waals surface area contributed by atoms with Gasteiger partial charge in [0.2, 0.25) is 5.91 Å². The number of hydrogen-bond donors (Lipinski definition) is 0. The van der Waals surface area contributed by atoms with E-state index >= 15 is 0 Å². The van der Waals surface area contributed by atoms with Gasteiger partial charge in [-0.2, -0.15) is 0 Å². The van der Waals surface area contributed by atoms with Crippen LogP contribution in [0.5, 0.6) is 0 Å². The molecule has 0 spiro atoms. The Kier molecular flexibility index (Phi) is 6.51. The molecule has 142 valence electrons. The molecule has 0 radical (unpaired) electrons. The standard InChI is InChI=1S/C22H24ClNO3/c1-2-3-6-16-9-11-19(12-10-16)24-14-18(13-21(24)25)22(26)27-15-17-7-4-5-8-20(17)23/h4-5,7-12,18H,2-3,6,13-15H2,1H3/t18-/m0/s1. The van der Waals surface area contributed by atoms with Crippen molar-refractivity contribution in [3.63, 3.8) is 0 Å². The van der Waals surface area contributed by atoms with Crippen LogP contribution < -0.4 is 4.90 Å². The van der Waals surface area contributed by atoms with E-state index < -0.39 is 5.92 Å². The third-order valence-electron chi connectivity index (χ3n) is 4.85. The summed E-state index contributed by atoms with van der Waals surface area (Å²) in [5, 5.41) is 0.567. The number of rotatable bonds is 7. The van der Waals surface area contributed by atoms with Gasteiger partial charge in [0, 0.05) is 29.2 Å². The van der Waals surface area contributed by atoms with Gasteiger partial charge < -0.3 is 9.64 Å². The molecule has 1 amide bonds. The van der Waals surface area contributed by atoms with E-state index in [1.54, 1.807) is 11.0 Å². The quantitative estimate of drug-likeness (QED) is 0.644. The molecule has 1 aliphatic rings. The molecule has 0 bridgehead atoms. The molecule has 0 aliphatic carbocycles. The summed E-state index contributed by atoms with van der Waals surface area (Å²) in [5.41, 5.74) is 2.86. The molecule has 27 heavy (non-hydrogen) atoms. The Labute approximate surface area is 165 Å². The predicted molar refractivity (Wildman–Crippen MR) is 107 cm³/mol. The van der Waals surface area contributed by atoms with Crippen molar-refractivity contribution in [1.29, 1.82) is 0 Å². The lowest BCUT2D eigenvalue weighted by atomic mass is 10.1. The van der Waals surface area contributed by atoms with E-state index in [1.165, 1.54) is 5.56 Å². The maximum absolute atomic E-state index is 12.4. The number of halogens is 1. The molecule has 0 unspecified atom stereocenters. The first-order valence-electron chi connectivity index (χ1n) is 9.38. The summed E-state index contributed by atoms with van der Waals surface area (Å²) in [4.78, 5) is 26.4. The van der Waals surface area contributed by atoms with Gasteiger partial charge in [0.05, 0.1) is 5.92 Å². The Hall–Kier alpha value is -2.33. The van der Waals surface area contributed by atoms with E-state index in [2.05, 4.69) is 19.1 Å². The van der Waals surface area contributed by atoms with Gasteiger partial charge in [-0.25, -0.2) is 0 Å². The van der Waals surface area contributed by atoms with Crippen LogP contribution >= 0.6 is 11.6 Å². The van der Waals surface area contributed by atoms with Crippen molar-refractivity contribution >= 4 is 29.2 Å². The molecular formula is C22H24ClNO3. The van der Waals surface area contributed by atoms with Crippen molar-refractivity contribution < 1.29 is 14.3 Å². The molecule has 3 rings (SSSR count). The number of esters is 1. The minimum Gasteiger partial charge on any atom is -0.460 e. The van der Waals surface area contributed by atoms with Crippen LogP contribution in [0.1, 0.15) is 37.3 Å². The molecule has 2 aromatic carbocycles. The maximum Gasteiger partial charge on any atom is 0.311 e.